The maximum Gasteiger partial charge on any atom is 0.280 e. The van der Waals surface area contributed by atoms with Gasteiger partial charge in [-0.2, -0.15) is 0 Å². The molecular weight excluding hydrogens is 216 g/mol. The molecule has 5 heteroatoms. The monoisotopic (exact) mass is 225 g/mol. The number of benzene rings is 1. The second-order valence-electron chi connectivity index (χ2n) is 3.17. The minimum atomic E-state index is -0.502. The van der Waals surface area contributed by atoms with Gasteiger partial charge in [-0.05, 0) is 12.6 Å². The second kappa shape index (κ2) is 4.31. The van der Waals surface area contributed by atoms with Crippen molar-refractivity contribution >= 4 is 23.0 Å². The first-order valence-corrected chi connectivity index (χ1v) is 4.56. The minimum absolute atomic E-state index is 0.0892. The highest BCUT2D eigenvalue weighted by Gasteiger charge is 2.19. The predicted molar refractivity (Wildman–Crippen MR) is 59.5 cm³/mol. The molecule has 1 aromatic rings. The molecule has 1 rings (SSSR count). The average Bonchev–Trinajstić information content (AvgIpc) is 2.16. The van der Waals surface area contributed by atoms with E-state index in [2.05, 4.69) is 0 Å². The molecule has 0 N–H and O–H groups in total. The van der Waals surface area contributed by atoms with E-state index < -0.39 is 4.92 Å². The molecule has 4 nitrogen and oxygen atoms in total. The summed E-state index contributed by atoms with van der Waals surface area (Å²) < 4.78 is 0. The van der Waals surface area contributed by atoms with Gasteiger partial charge in [0.25, 0.3) is 5.69 Å². The van der Waals surface area contributed by atoms with E-state index in [-0.39, 0.29) is 22.0 Å². The Bertz CT molecular complexity index is 416. The quantitative estimate of drug-likeness (QED) is 0.587. The summed E-state index contributed by atoms with van der Waals surface area (Å²) in [5.74, 6) is 0. The Morgan fingerprint density at radius 2 is 2.13 bits per heavy atom. The van der Waals surface area contributed by atoms with E-state index in [4.69, 9.17) is 18.2 Å². The third kappa shape index (κ3) is 2.27. The van der Waals surface area contributed by atoms with E-state index in [1.165, 1.54) is 12.1 Å². The lowest BCUT2D eigenvalue weighted by Gasteiger charge is -2.16. The van der Waals surface area contributed by atoms with Crippen LogP contribution in [0.15, 0.2) is 18.2 Å². The molecule has 0 saturated heterocycles. The van der Waals surface area contributed by atoms with Crippen LogP contribution < -0.4 is 0 Å². The molecule has 0 bridgehead atoms. The van der Waals surface area contributed by atoms with Crippen molar-refractivity contribution in [2.45, 2.75) is 0 Å². The highest BCUT2D eigenvalue weighted by molar-refractivity contribution is 6.32. The fraction of sp³-hybridized carbons (Fsp3) is 0.200. The molecule has 0 aromatic heterocycles. The molecule has 0 amide bonds. The Labute approximate surface area is 92.9 Å². The number of nitrogens with zero attached hydrogens (tertiary/aromatic N) is 2. The number of rotatable bonds is 3. The van der Waals surface area contributed by atoms with Crippen molar-refractivity contribution in [3.05, 3.63) is 45.5 Å². The van der Waals surface area contributed by atoms with Crippen molar-refractivity contribution in [3.63, 3.8) is 0 Å². The molecule has 0 heterocycles. The topological polar surface area (TPSA) is 46.4 Å². The van der Waals surface area contributed by atoms with E-state index in [0.29, 0.717) is 0 Å². The average molecular weight is 226 g/mol. The van der Waals surface area contributed by atoms with Gasteiger partial charge in [0.15, 0.2) is 0 Å². The maximum absolute atomic E-state index is 10.8. The Morgan fingerprint density at radius 3 is 2.60 bits per heavy atom. The first kappa shape index (κ1) is 11.5. The normalized spacial score (nSPS) is 9.80. The van der Waals surface area contributed by atoms with Crippen LogP contribution in [0.5, 0.6) is 0 Å². The summed E-state index contributed by atoms with van der Waals surface area (Å²) in [6.07, 6.45) is 0. The Hall–Kier alpha value is -1.55. The van der Waals surface area contributed by atoms with Gasteiger partial charge in [-0.15, -0.1) is 0 Å². The maximum atomic E-state index is 10.8. The molecule has 0 aliphatic carbocycles. The number of nitro benzene ring substituents is 1. The van der Waals surface area contributed by atoms with E-state index in [9.17, 15) is 10.1 Å². The lowest BCUT2D eigenvalue weighted by molar-refractivity contribution is -0.385. The highest BCUT2D eigenvalue weighted by atomic mass is 35.5. The van der Waals surface area contributed by atoms with Gasteiger partial charge in [-0.3, -0.25) is 10.1 Å². The summed E-state index contributed by atoms with van der Waals surface area (Å²) in [7, 11) is 3.39. The van der Waals surface area contributed by atoms with Crippen molar-refractivity contribution in [2.75, 3.05) is 14.1 Å². The van der Waals surface area contributed by atoms with Gasteiger partial charge < -0.3 is 4.90 Å². The molecule has 0 spiro atoms. The van der Waals surface area contributed by atoms with Gasteiger partial charge in [0.05, 0.1) is 21.2 Å². The Balaban J connectivity index is 3.37. The highest BCUT2D eigenvalue weighted by Crippen LogP contribution is 2.32. The van der Waals surface area contributed by atoms with E-state index in [0.717, 1.165) is 0 Å². The molecule has 15 heavy (non-hydrogen) atoms. The van der Waals surface area contributed by atoms with Crippen molar-refractivity contribution in [1.29, 1.82) is 0 Å². The van der Waals surface area contributed by atoms with Gasteiger partial charge in [0.2, 0.25) is 0 Å². The van der Waals surface area contributed by atoms with Crippen LogP contribution in [0.4, 0.5) is 5.69 Å². The van der Waals surface area contributed by atoms with Gasteiger partial charge in [-0.25, -0.2) is 0 Å². The van der Waals surface area contributed by atoms with Crippen LogP contribution in [0.25, 0.3) is 5.70 Å². The summed E-state index contributed by atoms with van der Waals surface area (Å²) in [6.45, 7) is 5.73. The van der Waals surface area contributed by atoms with Crippen LogP contribution in [-0.4, -0.2) is 23.9 Å². The SMILES string of the molecule is [CH]=C(c1c(Cl)cccc1[N+](=O)[O-])N(C)C. The first-order valence-electron chi connectivity index (χ1n) is 4.18. The fourth-order valence-electron chi connectivity index (χ4n) is 1.14. The molecule has 0 fully saturated rings. The van der Waals surface area contributed by atoms with Crippen LogP contribution in [0.2, 0.25) is 5.02 Å². The number of hydrogen-bond acceptors (Lipinski definition) is 3. The van der Waals surface area contributed by atoms with Crippen molar-refractivity contribution < 1.29 is 4.92 Å². The number of hydrogen-bond donors (Lipinski definition) is 0. The molecule has 79 valence electrons. The number of halogens is 1. The third-order valence-electron chi connectivity index (χ3n) is 1.93. The standard InChI is InChI=1S/C10H10ClN2O2/c1-7(12(2)3)10-8(11)5-4-6-9(10)13(14)15/h1,4-6H,2-3H3. The van der Waals surface area contributed by atoms with Crippen molar-refractivity contribution in [2.24, 2.45) is 0 Å². The van der Waals surface area contributed by atoms with Gasteiger partial charge in [0.1, 0.15) is 0 Å². The summed E-state index contributed by atoms with van der Waals surface area (Å²) in [6, 6.07) is 4.46. The summed E-state index contributed by atoms with van der Waals surface area (Å²) in [4.78, 5) is 11.8. The third-order valence-corrected chi connectivity index (χ3v) is 2.24. The van der Waals surface area contributed by atoms with E-state index in [1.54, 1.807) is 25.1 Å². The first-order chi connectivity index (χ1) is 6.95. The lowest BCUT2D eigenvalue weighted by Crippen LogP contribution is -2.10. The fourth-order valence-corrected chi connectivity index (χ4v) is 1.41. The molecule has 0 aliphatic heterocycles. The Kier molecular flexibility index (Phi) is 3.31. The van der Waals surface area contributed by atoms with Gasteiger partial charge in [-0.1, -0.05) is 17.7 Å². The molecule has 1 radical (unpaired) electrons. The van der Waals surface area contributed by atoms with Gasteiger partial charge >= 0.3 is 0 Å². The van der Waals surface area contributed by atoms with E-state index >= 15 is 0 Å². The Morgan fingerprint density at radius 1 is 1.53 bits per heavy atom. The molecule has 1 aromatic carbocycles. The molecule has 0 saturated carbocycles. The van der Waals surface area contributed by atoms with E-state index in [1.807, 2.05) is 0 Å². The van der Waals surface area contributed by atoms with Crippen LogP contribution in [-0.2, 0) is 0 Å². The molecular formula is C10H10ClN2O2. The smallest absolute Gasteiger partial charge is 0.280 e. The van der Waals surface area contributed by atoms with Crippen LogP contribution in [0.3, 0.4) is 0 Å². The largest absolute Gasteiger partial charge is 0.377 e. The zero-order valence-electron chi connectivity index (χ0n) is 8.40. The molecule has 0 unspecified atom stereocenters. The summed E-state index contributed by atoms with van der Waals surface area (Å²) in [5.41, 5.74) is 0.440. The minimum Gasteiger partial charge on any atom is -0.377 e. The second-order valence-corrected chi connectivity index (χ2v) is 3.58. The van der Waals surface area contributed by atoms with Crippen LogP contribution in [0.1, 0.15) is 5.56 Å². The lowest BCUT2D eigenvalue weighted by atomic mass is 10.1. The number of nitro groups is 1. The summed E-state index contributed by atoms with van der Waals surface area (Å²) >= 11 is 5.88. The van der Waals surface area contributed by atoms with Crippen molar-refractivity contribution in [1.82, 2.24) is 4.90 Å². The van der Waals surface area contributed by atoms with Gasteiger partial charge in [0, 0.05) is 20.2 Å². The predicted octanol–water partition coefficient (Wildman–Crippen LogP) is 2.58. The van der Waals surface area contributed by atoms with Crippen LogP contribution >= 0.6 is 11.6 Å². The molecule has 0 aliphatic rings. The summed E-state index contributed by atoms with van der Waals surface area (Å²) in [5, 5.41) is 11.0. The molecule has 0 atom stereocenters. The van der Waals surface area contributed by atoms with Crippen molar-refractivity contribution in [3.8, 4) is 0 Å². The zero-order valence-corrected chi connectivity index (χ0v) is 9.15. The zero-order chi connectivity index (χ0) is 11.6. The van der Waals surface area contributed by atoms with Crippen LogP contribution in [0, 0.1) is 16.7 Å².